The maximum atomic E-state index is 9.36. The van der Waals surface area contributed by atoms with Crippen LogP contribution in [0.25, 0.3) is 11.6 Å². The van der Waals surface area contributed by atoms with Gasteiger partial charge in [-0.05, 0) is 29.3 Å². The number of anilines is 1. The summed E-state index contributed by atoms with van der Waals surface area (Å²) in [4.78, 5) is 7.08. The molecule has 34 heavy (non-hydrogen) atoms. The van der Waals surface area contributed by atoms with Crippen LogP contribution in [0, 0.1) is 22.7 Å². The van der Waals surface area contributed by atoms with Gasteiger partial charge in [-0.15, -0.1) is 11.3 Å². The van der Waals surface area contributed by atoms with Crippen molar-refractivity contribution in [3.8, 4) is 12.1 Å². The molecule has 0 radical (unpaired) electrons. The molecule has 0 fully saturated rings. The van der Waals surface area contributed by atoms with E-state index in [-0.39, 0.29) is 16.4 Å². The minimum Gasteiger partial charge on any atom is -0.340 e. The van der Waals surface area contributed by atoms with Gasteiger partial charge < -0.3 is 4.90 Å². The first kappa shape index (κ1) is 23.5. The quantitative estimate of drug-likeness (QED) is 0.528. The number of benzene rings is 2. The average molecular weight is 465 g/mol. The van der Waals surface area contributed by atoms with Crippen LogP contribution in [0.1, 0.15) is 51.4 Å². The third-order valence-corrected chi connectivity index (χ3v) is 7.21. The molecule has 1 aromatic heterocycles. The molecule has 3 aromatic rings. The molecule has 170 valence electrons. The molecule has 0 spiro atoms. The molecule has 0 bridgehead atoms. The van der Waals surface area contributed by atoms with Gasteiger partial charge in [-0.25, -0.2) is 4.98 Å². The molecule has 2 heterocycles. The predicted octanol–water partition coefficient (Wildman–Crippen LogP) is 5.30. The first-order valence-electron chi connectivity index (χ1n) is 11.3. The Balaban J connectivity index is 1.92. The number of rotatable bonds is 3. The molecular weight excluding hydrogens is 436 g/mol. The Morgan fingerprint density at radius 2 is 1.65 bits per heavy atom. The fourth-order valence-electron chi connectivity index (χ4n) is 4.44. The molecule has 0 saturated carbocycles. The van der Waals surface area contributed by atoms with E-state index in [0.29, 0.717) is 4.66 Å². The van der Waals surface area contributed by atoms with Crippen molar-refractivity contribution in [3.05, 3.63) is 92.4 Å². The summed E-state index contributed by atoms with van der Waals surface area (Å²) in [5, 5.41) is 18.7. The number of para-hydroxylation sites is 1. The molecule has 4 nitrogen and oxygen atoms in total. The first-order valence-corrected chi connectivity index (χ1v) is 12.1. The zero-order valence-electron chi connectivity index (χ0n) is 20.3. The van der Waals surface area contributed by atoms with Gasteiger partial charge in [0.05, 0.1) is 10.2 Å². The number of hydrogen-bond donors (Lipinski definition) is 0. The van der Waals surface area contributed by atoms with Crippen molar-refractivity contribution in [2.75, 3.05) is 4.90 Å². The molecule has 0 saturated heterocycles. The molecule has 0 amide bonds. The van der Waals surface area contributed by atoms with Gasteiger partial charge in [0.15, 0.2) is 5.57 Å². The Bertz CT molecular complexity index is 1440. The number of hydrogen-bond acceptors (Lipinski definition) is 5. The van der Waals surface area contributed by atoms with Gasteiger partial charge in [-0.2, -0.15) is 10.5 Å². The normalized spacial score (nSPS) is 16.3. The van der Waals surface area contributed by atoms with E-state index < -0.39 is 0 Å². The Hall–Kier alpha value is -3.67. The zero-order chi connectivity index (χ0) is 24.5. The van der Waals surface area contributed by atoms with Gasteiger partial charge >= 0.3 is 0 Å². The fraction of sp³-hybridized carbons (Fsp3) is 0.276. The molecule has 0 atom stereocenters. The predicted molar refractivity (Wildman–Crippen MR) is 139 cm³/mol. The third-order valence-electron chi connectivity index (χ3n) is 6.18. The summed E-state index contributed by atoms with van der Waals surface area (Å²) in [6.07, 6.45) is 4.29. The largest absolute Gasteiger partial charge is 0.340 e. The molecule has 2 aromatic carbocycles. The number of nitriles is 2. The summed E-state index contributed by atoms with van der Waals surface area (Å²) in [6, 6.07) is 23.1. The number of fused-ring (bicyclic) bond motifs is 1. The Morgan fingerprint density at radius 3 is 2.29 bits per heavy atom. The van der Waals surface area contributed by atoms with Crippen LogP contribution in [0.15, 0.2) is 66.4 Å². The van der Waals surface area contributed by atoms with E-state index in [1.54, 1.807) is 0 Å². The smallest absolute Gasteiger partial charge is 0.165 e. The van der Waals surface area contributed by atoms with Crippen molar-refractivity contribution < 1.29 is 0 Å². The van der Waals surface area contributed by atoms with E-state index in [0.717, 1.165) is 16.8 Å². The highest BCUT2D eigenvalue weighted by atomic mass is 32.1. The lowest BCUT2D eigenvalue weighted by Crippen LogP contribution is -2.26. The Morgan fingerprint density at radius 1 is 1.00 bits per heavy atom. The maximum absolute atomic E-state index is 9.36. The van der Waals surface area contributed by atoms with Crippen LogP contribution in [0.3, 0.4) is 0 Å². The second-order valence-electron chi connectivity index (χ2n) is 10.0. The summed E-state index contributed by atoms with van der Waals surface area (Å²) in [5.74, 6) is 0. The van der Waals surface area contributed by atoms with Gasteiger partial charge in [-0.1, -0.05) is 83.1 Å². The van der Waals surface area contributed by atoms with E-state index in [4.69, 9.17) is 4.98 Å². The summed E-state index contributed by atoms with van der Waals surface area (Å²) in [6.45, 7) is 11.6. The van der Waals surface area contributed by atoms with Crippen molar-refractivity contribution in [1.29, 1.82) is 10.5 Å². The maximum Gasteiger partial charge on any atom is 0.165 e. The van der Waals surface area contributed by atoms with Crippen LogP contribution in [-0.4, -0.2) is 4.98 Å². The Kier molecular flexibility index (Phi) is 6.17. The molecule has 0 N–H and O–H groups in total. The Labute approximate surface area is 205 Å². The fourth-order valence-corrected chi connectivity index (χ4v) is 5.56. The second kappa shape index (κ2) is 8.93. The van der Waals surface area contributed by atoms with E-state index in [1.165, 1.54) is 33.8 Å². The van der Waals surface area contributed by atoms with Gasteiger partial charge in [0.1, 0.15) is 16.8 Å². The molecule has 1 aliphatic heterocycles. The molecular formula is C29H28N4S. The van der Waals surface area contributed by atoms with Gasteiger partial charge in [-0.3, -0.25) is 0 Å². The summed E-state index contributed by atoms with van der Waals surface area (Å²) < 4.78 is 1.46. The monoisotopic (exact) mass is 464 g/mol. The minimum atomic E-state index is -0.215. The topological polar surface area (TPSA) is 63.7 Å². The van der Waals surface area contributed by atoms with Gasteiger partial charge in [0, 0.05) is 28.8 Å². The van der Waals surface area contributed by atoms with Crippen LogP contribution in [0.5, 0.6) is 0 Å². The van der Waals surface area contributed by atoms with Crippen molar-refractivity contribution in [1.82, 2.24) is 4.98 Å². The average Bonchev–Trinajstić information content (AvgIpc) is 3.32. The van der Waals surface area contributed by atoms with Crippen LogP contribution in [0.4, 0.5) is 5.69 Å². The van der Waals surface area contributed by atoms with Crippen molar-refractivity contribution in [3.63, 3.8) is 0 Å². The zero-order valence-corrected chi connectivity index (χ0v) is 21.1. The van der Waals surface area contributed by atoms with Crippen molar-refractivity contribution in [2.45, 2.75) is 52.0 Å². The minimum absolute atomic E-state index is 0.0575. The summed E-state index contributed by atoms with van der Waals surface area (Å²) >= 11 is 1.40. The standard InChI is InChI=1S/C29H28N4S/c1-28(2,3)26-24(34-27(32-26)21(17-30)18-31)15-16-25-29(4,5)22-13-9-10-14-23(22)33(25)19-20-11-7-6-8-12-20/h6-16H,19H2,1-5H3. The molecule has 1 aliphatic rings. The van der Waals surface area contributed by atoms with E-state index in [2.05, 4.69) is 100 Å². The van der Waals surface area contributed by atoms with Crippen LogP contribution >= 0.6 is 11.3 Å². The number of aromatic nitrogens is 1. The van der Waals surface area contributed by atoms with Crippen LogP contribution in [-0.2, 0) is 17.4 Å². The summed E-state index contributed by atoms with van der Waals surface area (Å²) in [7, 11) is 0. The SMILES string of the molecule is CC(C)(C)c1nc(=C(C#N)C#N)sc1=CC=C1N(Cc2ccccc2)c2ccccc2C1(C)C. The number of nitrogens with zero attached hydrogens (tertiary/aromatic N) is 4. The van der Waals surface area contributed by atoms with Crippen molar-refractivity contribution in [2.24, 2.45) is 0 Å². The highest BCUT2D eigenvalue weighted by Gasteiger charge is 2.39. The van der Waals surface area contributed by atoms with E-state index in [9.17, 15) is 10.5 Å². The van der Waals surface area contributed by atoms with Gasteiger partial charge in [0.25, 0.3) is 0 Å². The summed E-state index contributed by atoms with van der Waals surface area (Å²) in [5.41, 5.74) is 5.55. The highest BCUT2D eigenvalue weighted by Crippen LogP contribution is 2.48. The number of allylic oxidation sites excluding steroid dienone is 2. The number of thiazole rings is 1. The van der Waals surface area contributed by atoms with Crippen LogP contribution < -0.4 is 14.1 Å². The lowest BCUT2D eigenvalue weighted by Gasteiger charge is -2.27. The highest BCUT2D eigenvalue weighted by molar-refractivity contribution is 7.07. The van der Waals surface area contributed by atoms with Gasteiger partial charge in [0.2, 0.25) is 0 Å². The van der Waals surface area contributed by atoms with E-state index >= 15 is 0 Å². The lowest BCUT2D eigenvalue weighted by molar-refractivity contribution is 0.568. The molecule has 0 unspecified atom stereocenters. The molecule has 4 rings (SSSR count). The van der Waals surface area contributed by atoms with Crippen LogP contribution in [0.2, 0.25) is 0 Å². The molecule has 5 heteroatoms. The van der Waals surface area contributed by atoms with E-state index in [1.807, 2.05) is 18.2 Å². The first-order chi connectivity index (χ1) is 16.2. The second-order valence-corrected chi connectivity index (χ2v) is 11.0. The molecule has 0 aliphatic carbocycles. The lowest BCUT2D eigenvalue weighted by atomic mass is 9.83. The van der Waals surface area contributed by atoms with Crippen molar-refractivity contribution >= 4 is 28.7 Å². The third kappa shape index (κ3) is 4.28.